The van der Waals surface area contributed by atoms with Gasteiger partial charge in [-0.1, -0.05) is 41.9 Å². The van der Waals surface area contributed by atoms with Gasteiger partial charge in [-0.05, 0) is 48.6 Å². The van der Waals surface area contributed by atoms with Crippen LogP contribution < -0.4 is 0 Å². The third-order valence-electron chi connectivity index (χ3n) is 4.40. The molecule has 1 aliphatic heterocycles. The smallest absolute Gasteiger partial charge is 0.254 e. The maximum Gasteiger partial charge on any atom is 0.254 e. The summed E-state index contributed by atoms with van der Waals surface area (Å²) < 4.78 is 0. The van der Waals surface area contributed by atoms with E-state index in [1.54, 1.807) is 4.90 Å². The van der Waals surface area contributed by atoms with Crippen molar-refractivity contribution in [3.8, 4) is 0 Å². The highest BCUT2D eigenvalue weighted by Gasteiger charge is 2.29. The molecule has 1 N–H and O–H groups in total. The second kappa shape index (κ2) is 7.16. The molecule has 1 amide bonds. The summed E-state index contributed by atoms with van der Waals surface area (Å²) in [7, 11) is 0. The number of likely N-dealkylation sites (tertiary alicyclic amines) is 1. The number of carbonyl (C=O) groups excluding carboxylic acids is 1. The van der Waals surface area contributed by atoms with Crippen molar-refractivity contribution in [1.29, 1.82) is 0 Å². The molecule has 0 bridgehead atoms. The largest absolute Gasteiger partial charge is 0.394 e. The third kappa shape index (κ3) is 3.57. The van der Waals surface area contributed by atoms with Crippen LogP contribution in [-0.2, 0) is 6.42 Å². The number of carbonyl (C=O) groups is 1. The van der Waals surface area contributed by atoms with E-state index in [1.165, 1.54) is 0 Å². The Bertz CT molecular complexity index is 684. The van der Waals surface area contributed by atoms with E-state index in [9.17, 15) is 9.90 Å². The topological polar surface area (TPSA) is 40.5 Å². The number of benzene rings is 2. The minimum atomic E-state index is -0.0499. The van der Waals surface area contributed by atoms with Gasteiger partial charge in [0.25, 0.3) is 5.91 Å². The summed E-state index contributed by atoms with van der Waals surface area (Å²) in [4.78, 5) is 14.7. The Morgan fingerprint density at radius 2 is 1.91 bits per heavy atom. The predicted molar refractivity (Wildman–Crippen MR) is 91.8 cm³/mol. The average Bonchev–Trinajstić information content (AvgIpc) is 3.05. The van der Waals surface area contributed by atoms with Gasteiger partial charge >= 0.3 is 0 Å². The van der Waals surface area contributed by atoms with Gasteiger partial charge in [-0.25, -0.2) is 0 Å². The number of amides is 1. The maximum atomic E-state index is 12.9. The van der Waals surface area contributed by atoms with Gasteiger partial charge in [0.2, 0.25) is 0 Å². The van der Waals surface area contributed by atoms with Crippen LogP contribution >= 0.6 is 11.6 Å². The molecule has 4 heteroatoms. The van der Waals surface area contributed by atoms with Crippen molar-refractivity contribution in [2.75, 3.05) is 13.2 Å². The summed E-state index contributed by atoms with van der Waals surface area (Å²) >= 11 is 5.93. The van der Waals surface area contributed by atoms with Gasteiger partial charge in [-0.2, -0.15) is 0 Å². The zero-order valence-corrected chi connectivity index (χ0v) is 13.7. The van der Waals surface area contributed by atoms with Gasteiger partial charge in [0.05, 0.1) is 12.6 Å². The van der Waals surface area contributed by atoms with E-state index in [-0.39, 0.29) is 18.6 Å². The van der Waals surface area contributed by atoms with E-state index in [1.807, 2.05) is 48.5 Å². The summed E-state index contributed by atoms with van der Waals surface area (Å²) in [5.41, 5.74) is 2.85. The molecule has 3 rings (SSSR count). The first-order chi connectivity index (χ1) is 11.2. The van der Waals surface area contributed by atoms with E-state index in [0.717, 1.165) is 36.1 Å². The Labute approximate surface area is 141 Å². The molecule has 0 radical (unpaired) electrons. The molecule has 0 spiro atoms. The van der Waals surface area contributed by atoms with Crippen molar-refractivity contribution in [2.24, 2.45) is 0 Å². The minimum Gasteiger partial charge on any atom is -0.394 e. The molecule has 1 fully saturated rings. The lowest BCUT2D eigenvalue weighted by molar-refractivity contribution is 0.0676. The van der Waals surface area contributed by atoms with Crippen molar-refractivity contribution in [1.82, 2.24) is 4.90 Å². The molecular formula is C19H20ClNO2. The predicted octanol–water partition coefficient (Wildman–Crippen LogP) is 3.53. The number of aliphatic hydroxyl groups is 1. The lowest BCUT2D eigenvalue weighted by Crippen LogP contribution is -2.38. The van der Waals surface area contributed by atoms with Crippen LogP contribution in [0.25, 0.3) is 0 Å². The van der Waals surface area contributed by atoms with E-state index in [4.69, 9.17) is 11.6 Å². The van der Waals surface area contributed by atoms with Crippen molar-refractivity contribution in [2.45, 2.75) is 25.3 Å². The van der Waals surface area contributed by atoms with Crippen LogP contribution in [0.1, 0.15) is 34.3 Å². The Morgan fingerprint density at radius 3 is 2.65 bits per heavy atom. The molecule has 1 saturated heterocycles. The summed E-state index contributed by atoms with van der Waals surface area (Å²) in [6.07, 6.45) is 2.52. The van der Waals surface area contributed by atoms with Crippen molar-refractivity contribution in [3.63, 3.8) is 0 Å². The highest BCUT2D eigenvalue weighted by Crippen LogP contribution is 2.23. The molecule has 0 saturated carbocycles. The monoisotopic (exact) mass is 329 g/mol. The molecule has 3 nitrogen and oxygen atoms in total. The molecule has 1 atom stereocenters. The van der Waals surface area contributed by atoms with Crippen LogP contribution in [0.4, 0.5) is 0 Å². The molecule has 1 aliphatic rings. The van der Waals surface area contributed by atoms with Gasteiger partial charge in [0.15, 0.2) is 0 Å². The molecule has 120 valence electrons. The zero-order chi connectivity index (χ0) is 16.2. The Morgan fingerprint density at radius 1 is 1.17 bits per heavy atom. The quantitative estimate of drug-likeness (QED) is 0.932. The lowest BCUT2D eigenvalue weighted by atomic mass is 9.99. The van der Waals surface area contributed by atoms with Crippen LogP contribution in [0.2, 0.25) is 5.02 Å². The fourth-order valence-corrected chi connectivity index (χ4v) is 3.28. The highest BCUT2D eigenvalue weighted by atomic mass is 35.5. The Hall–Kier alpha value is -1.84. The summed E-state index contributed by atoms with van der Waals surface area (Å²) in [5.74, 6) is 0.0195. The number of rotatable bonds is 4. The van der Waals surface area contributed by atoms with E-state index in [0.29, 0.717) is 11.4 Å². The van der Waals surface area contributed by atoms with E-state index in [2.05, 4.69) is 0 Å². The van der Waals surface area contributed by atoms with Crippen LogP contribution in [0, 0.1) is 0 Å². The summed E-state index contributed by atoms with van der Waals surface area (Å²) in [6, 6.07) is 15.4. The lowest BCUT2D eigenvalue weighted by Gasteiger charge is -2.24. The van der Waals surface area contributed by atoms with Gasteiger partial charge in [-0.3, -0.25) is 4.79 Å². The number of nitrogens with zero attached hydrogens (tertiary/aromatic N) is 1. The van der Waals surface area contributed by atoms with Gasteiger partial charge in [-0.15, -0.1) is 0 Å². The van der Waals surface area contributed by atoms with Crippen molar-refractivity contribution in [3.05, 3.63) is 70.2 Å². The number of aliphatic hydroxyl groups excluding tert-OH is 1. The zero-order valence-electron chi connectivity index (χ0n) is 12.9. The Balaban J connectivity index is 1.85. The van der Waals surface area contributed by atoms with Crippen molar-refractivity contribution >= 4 is 17.5 Å². The second-order valence-corrected chi connectivity index (χ2v) is 6.37. The fourth-order valence-electron chi connectivity index (χ4n) is 3.15. The standard InChI is InChI=1S/C19H20ClNO2/c20-16-9-7-14(8-10-16)12-15-4-1-2-6-18(15)19(23)21-11-3-5-17(21)13-22/h1-2,4,6-10,17,22H,3,5,11-13H2/t17-/m0/s1. The van der Waals surface area contributed by atoms with Gasteiger partial charge in [0.1, 0.15) is 0 Å². The fraction of sp³-hybridized carbons (Fsp3) is 0.316. The van der Waals surface area contributed by atoms with Crippen LogP contribution in [0.3, 0.4) is 0 Å². The van der Waals surface area contributed by atoms with E-state index >= 15 is 0 Å². The SMILES string of the molecule is O=C(c1ccccc1Cc1ccc(Cl)cc1)N1CCC[C@H]1CO. The molecule has 0 aliphatic carbocycles. The molecule has 0 aromatic heterocycles. The minimum absolute atomic E-state index is 0.0195. The molecule has 2 aromatic carbocycles. The van der Waals surface area contributed by atoms with Crippen LogP contribution in [-0.4, -0.2) is 35.1 Å². The molecule has 1 heterocycles. The first-order valence-corrected chi connectivity index (χ1v) is 8.31. The van der Waals surface area contributed by atoms with Crippen LogP contribution in [0.5, 0.6) is 0 Å². The summed E-state index contributed by atoms with van der Waals surface area (Å²) in [6.45, 7) is 0.754. The van der Waals surface area contributed by atoms with Crippen LogP contribution in [0.15, 0.2) is 48.5 Å². The van der Waals surface area contributed by atoms with Gasteiger partial charge in [0, 0.05) is 17.1 Å². The van der Waals surface area contributed by atoms with Crippen molar-refractivity contribution < 1.29 is 9.90 Å². The number of hydrogen-bond acceptors (Lipinski definition) is 2. The second-order valence-electron chi connectivity index (χ2n) is 5.94. The molecule has 23 heavy (non-hydrogen) atoms. The third-order valence-corrected chi connectivity index (χ3v) is 4.66. The van der Waals surface area contributed by atoms with Gasteiger partial charge < -0.3 is 10.0 Å². The molecule has 2 aromatic rings. The average molecular weight is 330 g/mol. The first-order valence-electron chi connectivity index (χ1n) is 7.93. The first kappa shape index (κ1) is 16.0. The van der Waals surface area contributed by atoms with E-state index < -0.39 is 0 Å². The highest BCUT2D eigenvalue weighted by molar-refractivity contribution is 6.30. The number of halogens is 1. The molecule has 0 unspecified atom stereocenters. The summed E-state index contributed by atoms with van der Waals surface area (Å²) in [5, 5.41) is 10.2. The Kier molecular flexibility index (Phi) is 4.99. The maximum absolute atomic E-state index is 12.9. The number of hydrogen-bond donors (Lipinski definition) is 1. The molecular weight excluding hydrogens is 310 g/mol. The normalized spacial score (nSPS) is 17.5.